The van der Waals surface area contributed by atoms with Crippen LogP contribution in [0.5, 0.6) is 0 Å². The molecule has 0 fully saturated rings. The van der Waals surface area contributed by atoms with Crippen LogP contribution >= 0.6 is 0 Å². The van der Waals surface area contributed by atoms with E-state index >= 15 is 0 Å². The van der Waals surface area contributed by atoms with Crippen molar-refractivity contribution >= 4 is 17.5 Å². The maximum Gasteiger partial charge on any atom is 0.306 e. The zero-order valence-corrected chi connectivity index (χ0v) is 11.7. The Kier molecular flexibility index (Phi) is 6.76. The zero-order valence-electron chi connectivity index (χ0n) is 11.7. The SMILES string of the molecule is CC(=O)CCC(=O)OC(C)C(=O)COC(C)(C)C. The van der Waals surface area contributed by atoms with Crippen molar-refractivity contribution in [3.63, 3.8) is 0 Å². The summed E-state index contributed by atoms with van der Waals surface area (Å²) in [5.74, 6) is -0.912. The summed E-state index contributed by atoms with van der Waals surface area (Å²) in [5, 5.41) is 0. The molecule has 0 aliphatic carbocycles. The number of ketones is 2. The molecular weight excluding hydrogens is 236 g/mol. The van der Waals surface area contributed by atoms with E-state index in [4.69, 9.17) is 9.47 Å². The Morgan fingerprint density at radius 2 is 1.67 bits per heavy atom. The van der Waals surface area contributed by atoms with Crippen LogP contribution < -0.4 is 0 Å². The average Bonchev–Trinajstić information content (AvgIpc) is 2.21. The van der Waals surface area contributed by atoms with Gasteiger partial charge in [-0.3, -0.25) is 9.59 Å². The number of carbonyl (C=O) groups is 3. The Balaban J connectivity index is 4.00. The number of rotatable bonds is 7. The van der Waals surface area contributed by atoms with E-state index in [1.807, 2.05) is 20.8 Å². The molecule has 5 heteroatoms. The van der Waals surface area contributed by atoms with Gasteiger partial charge >= 0.3 is 5.97 Å². The Bertz CT molecular complexity index is 314. The van der Waals surface area contributed by atoms with Gasteiger partial charge in [0.1, 0.15) is 12.4 Å². The van der Waals surface area contributed by atoms with Gasteiger partial charge in [0.05, 0.1) is 12.0 Å². The van der Waals surface area contributed by atoms with Crippen molar-refractivity contribution in [2.45, 2.75) is 59.2 Å². The lowest BCUT2D eigenvalue weighted by Gasteiger charge is -2.20. The first kappa shape index (κ1) is 16.8. The third kappa shape index (κ3) is 8.87. The highest BCUT2D eigenvalue weighted by Crippen LogP contribution is 2.08. The topological polar surface area (TPSA) is 69.7 Å². The fraction of sp³-hybridized carbons (Fsp3) is 0.769. The smallest absolute Gasteiger partial charge is 0.306 e. The lowest BCUT2D eigenvalue weighted by atomic mass is 10.2. The third-order valence-corrected chi connectivity index (χ3v) is 2.09. The van der Waals surface area contributed by atoms with E-state index in [-0.39, 0.29) is 31.0 Å². The van der Waals surface area contributed by atoms with Crippen molar-refractivity contribution in [3.8, 4) is 0 Å². The van der Waals surface area contributed by atoms with Crippen molar-refractivity contribution in [1.82, 2.24) is 0 Å². The molecule has 0 aromatic carbocycles. The lowest BCUT2D eigenvalue weighted by molar-refractivity contribution is -0.157. The largest absolute Gasteiger partial charge is 0.455 e. The molecule has 0 aliphatic rings. The minimum atomic E-state index is -0.841. The molecule has 18 heavy (non-hydrogen) atoms. The van der Waals surface area contributed by atoms with Crippen molar-refractivity contribution in [3.05, 3.63) is 0 Å². The molecule has 0 rings (SSSR count). The van der Waals surface area contributed by atoms with Crippen LogP contribution in [0.25, 0.3) is 0 Å². The van der Waals surface area contributed by atoms with Crippen molar-refractivity contribution in [1.29, 1.82) is 0 Å². The molecule has 0 spiro atoms. The van der Waals surface area contributed by atoms with Crippen LogP contribution in [0, 0.1) is 0 Å². The molecule has 0 aromatic heterocycles. The number of carbonyl (C=O) groups excluding carboxylic acids is 3. The second-order valence-electron chi connectivity index (χ2n) is 5.20. The van der Waals surface area contributed by atoms with Crippen LogP contribution in [0.4, 0.5) is 0 Å². The average molecular weight is 258 g/mol. The summed E-state index contributed by atoms with van der Waals surface area (Å²) in [5.41, 5.74) is -0.409. The minimum absolute atomic E-state index is 0.00703. The van der Waals surface area contributed by atoms with Crippen LogP contribution in [-0.4, -0.2) is 35.8 Å². The monoisotopic (exact) mass is 258 g/mol. The molecule has 5 nitrogen and oxygen atoms in total. The van der Waals surface area contributed by atoms with E-state index < -0.39 is 17.7 Å². The van der Waals surface area contributed by atoms with Crippen molar-refractivity contribution in [2.75, 3.05) is 6.61 Å². The molecule has 1 unspecified atom stereocenters. The van der Waals surface area contributed by atoms with E-state index in [9.17, 15) is 14.4 Å². The fourth-order valence-electron chi connectivity index (χ4n) is 1.00. The number of hydrogen-bond donors (Lipinski definition) is 0. The first-order valence-corrected chi connectivity index (χ1v) is 5.97. The van der Waals surface area contributed by atoms with E-state index in [0.717, 1.165) is 0 Å². The van der Waals surface area contributed by atoms with Crippen LogP contribution in [0.2, 0.25) is 0 Å². The maximum atomic E-state index is 11.6. The molecule has 0 saturated carbocycles. The standard InChI is InChI=1S/C13H22O5/c1-9(14)6-7-12(16)18-10(2)11(15)8-17-13(3,4)5/h10H,6-8H2,1-5H3. The predicted molar refractivity (Wildman–Crippen MR) is 66.2 cm³/mol. The van der Waals surface area contributed by atoms with Gasteiger partial charge in [-0.2, -0.15) is 0 Å². The number of esters is 1. The minimum Gasteiger partial charge on any atom is -0.455 e. The summed E-state index contributed by atoms with van der Waals surface area (Å²) >= 11 is 0. The predicted octanol–water partition coefficient (Wildman–Crippen LogP) is 1.67. The van der Waals surface area contributed by atoms with Gasteiger partial charge in [-0.25, -0.2) is 0 Å². The van der Waals surface area contributed by atoms with Crippen molar-refractivity contribution < 1.29 is 23.9 Å². The van der Waals surface area contributed by atoms with Crippen LogP contribution in [-0.2, 0) is 23.9 Å². The summed E-state index contributed by atoms with van der Waals surface area (Å²) in [6, 6.07) is 0. The fourth-order valence-corrected chi connectivity index (χ4v) is 1.00. The quantitative estimate of drug-likeness (QED) is 0.650. The molecule has 0 aromatic rings. The van der Waals surface area contributed by atoms with E-state index in [1.165, 1.54) is 13.8 Å². The Hall–Kier alpha value is -1.23. The van der Waals surface area contributed by atoms with Gasteiger partial charge in [0.15, 0.2) is 11.9 Å². The molecule has 0 bridgehead atoms. The summed E-state index contributed by atoms with van der Waals surface area (Å²) in [6.45, 7) is 8.32. The van der Waals surface area contributed by atoms with Gasteiger partial charge in [-0.15, -0.1) is 0 Å². The molecule has 0 radical (unpaired) electrons. The highest BCUT2D eigenvalue weighted by molar-refractivity contribution is 5.87. The number of hydrogen-bond acceptors (Lipinski definition) is 5. The van der Waals surface area contributed by atoms with E-state index in [2.05, 4.69) is 0 Å². The van der Waals surface area contributed by atoms with Gasteiger partial charge < -0.3 is 14.3 Å². The zero-order chi connectivity index (χ0) is 14.3. The number of Topliss-reactive ketones (excluding diaryl/α,β-unsaturated/α-hetero) is 2. The molecule has 0 N–H and O–H groups in total. The first-order valence-electron chi connectivity index (χ1n) is 5.97. The summed E-state index contributed by atoms with van der Waals surface area (Å²) in [7, 11) is 0. The Morgan fingerprint density at radius 3 is 2.11 bits per heavy atom. The third-order valence-electron chi connectivity index (χ3n) is 2.09. The summed E-state index contributed by atoms with van der Waals surface area (Å²) in [4.78, 5) is 33.6. The van der Waals surface area contributed by atoms with E-state index in [1.54, 1.807) is 0 Å². The first-order chi connectivity index (χ1) is 8.11. The summed E-state index contributed by atoms with van der Waals surface area (Å²) in [6.07, 6.45) is -0.697. The van der Waals surface area contributed by atoms with Gasteiger partial charge in [-0.05, 0) is 34.6 Å². The van der Waals surface area contributed by atoms with Crippen molar-refractivity contribution in [2.24, 2.45) is 0 Å². The number of ether oxygens (including phenoxy) is 2. The summed E-state index contributed by atoms with van der Waals surface area (Å²) < 4.78 is 10.2. The van der Waals surface area contributed by atoms with Crippen LogP contribution in [0.15, 0.2) is 0 Å². The Labute approximate surface area is 108 Å². The van der Waals surface area contributed by atoms with Gasteiger partial charge in [-0.1, -0.05) is 0 Å². The van der Waals surface area contributed by atoms with Gasteiger partial charge in [0.2, 0.25) is 0 Å². The highest BCUT2D eigenvalue weighted by Gasteiger charge is 2.20. The van der Waals surface area contributed by atoms with Crippen LogP contribution in [0.3, 0.4) is 0 Å². The van der Waals surface area contributed by atoms with Gasteiger partial charge in [0.25, 0.3) is 0 Å². The molecule has 1 atom stereocenters. The van der Waals surface area contributed by atoms with Crippen LogP contribution in [0.1, 0.15) is 47.5 Å². The Morgan fingerprint density at radius 1 is 1.11 bits per heavy atom. The second kappa shape index (κ2) is 7.26. The molecule has 0 aliphatic heterocycles. The molecule has 0 saturated heterocycles. The normalized spacial score (nSPS) is 12.9. The second-order valence-corrected chi connectivity index (χ2v) is 5.20. The molecule has 104 valence electrons. The molecular formula is C13H22O5. The molecule has 0 heterocycles. The maximum absolute atomic E-state index is 11.6. The van der Waals surface area contributed by atoms with Gasteiger partial charge in [0, 0.05) is 6.42 Å². The highest BCUT2D eigenvalue weighted by atomic mass is 16.6. The lowest BCUT2D eigenvalue weighted by Crippen LogP contribution is -2.31. The van der Waals surface area contributed by atoms with E-state index in [0.29, 0.717) is 0 Å². The molecule has 0 amide bonds.